The molecule has 168 valence electrons. The summed E-state index contributed by atoms with van der Waals surface area (Å²) in [6.07, 6.45) is 2.54. The Hall–Kier alpha value is -1.80. The average molecular weight is 437 g/mol. The third-order valence-electron chi connectivity index (χ3n) is 6.09. The largest absolute Gasteiger partial charge is 0.371 e. The molecule has 2 amide bonds. The van der Waals surface area contributed by atoms with Crippen LogP contribution in [0, 0.1) is 11.8 Å². The van der Waals surface area contributed by atoms with Crippen LogP contribution in [0.15, 0.2) is 24.3 Å². The summed E-state index contributed by atoms with van der Waals surface area (Å²) in [6.45, 7) is 11.2. The molecule has 0 radical (unpaired) electrons. The number of carbonyl (C=O) groups excluding carboxylic acids is 1. The summed E-state index contributed by atoms with van der Waals surface area (Å²) in [6, 6.07) is 7.84. The number of urea groups is 1. The highest BCUT2D eigenvalue weighted by molar-refractivity contribution is 7.90. The molecule has 2 fully saturated rings. The van der Waals surface area contributed by atoms with Crippen molar-refractivity contribution in [3.05, 3.63) is 24.3 Å². The van der Waals surface area contributed by atoms with E-state index in [9.17, 15) is 13.2 Å². The Labute approximate surface area is 181 Å². The van der Waals surface area contributed by atoms with Crippen molar-refractivity contribution in [1.82, 2.24) is 9.62 Å². The Morgan fingerprint density at radius 2 is 1.60 bits per heavy atom. The summed E-state index contributed by atoms with van der Waals surface area (Å²) in [5.74, 6) is 1.39. The zero-order valence-corrected chi connectivity index (χ0v) is 19.4. The minimum Gasteiger partial charge on any atom is -0.371 e. The Bertz CT molecular complexity index is 807. The number of rotatable bonds is 5. The molecule has 1 aromatic rings. The molecular formula is C22H36N4O3S. The number of hydrogen-bond donors (Lipinski definition) is 2. The molecule has 3 rings (SSSR count). The number of sulfonamides is 1. The highest BCUT2D eigenvalue weighted by Crippen LogP contribution is 2.27. The molecule has 8 heteroatoms. The Balaban J connectivity index is 1.50. The molecule has 7 nitrogen and oxygen atoms in total. The molecule has 1 unspecified atom stereocenters. The molecule has 0 aliphatic carbocycles. The third kappa shape index (κ3) is 5.88. The van der Waals surface area contributed by atoms with E-state index in [0.717, 1.165) is 18.8 Å². The first-order chi connectivity index (χ1) is 14.1. The number of benzene rings is 1. The maximum absolute atomic E-state index is 12.6. The van der Waals surface area contributed by atoms with Gasteiger partial charge < -0.3 is 15.1 Å². The maximum Gasteiger partial charge on any atom is 0.321 e. The van der Waals surface area contributed by atoms with E-state index in [2.05, 4.69) is 40.9 Å². The van der Waals surface area contributed by atoms with Crippen LogP contribution in [0.5, 0.6) is 0 Å². The van der Waals surface area contributed by atoms with Gasteiger partial charge in [-0.15, -0.1) is 0 Å². The Morgan fingerprint density at radius 1 is 1.03 bits per heavy atom. The lowest BCUT2D eigenvalue weighted by atomic mass is 9.91. The van der Waals surface area contributed by atoms with Crippen LogP contribution in [-0.2, 0) is 10.0 Å². The maximum atomic E-state index is 12.6. The van der Waals surface area contributed by atoms with Crippen LogP contribution in [0.25, 0.3) is 0 Å². The van der Waals surface area contributed by atoms with Crippen LogP contribution in [0.4, 0.5) is 16.2 Å². The van der Waals surface area contributed by atoms with Crippen LogP contribution in [0.2, 0.25) is 0 Å². The topological polar surface area (TPSA) is 81.8 Å². The van der Waals surface area contributed by atoms with Crippen molar-refractivity contribution >= 4 is 27.4 Å². The molecule has 2 saturated heterocycles. The quantitative estimate of drug-likeness (QED) is 0.740. The number of nitrogens with zero attached hydrogens (tertiary/aromatic N) is 2. The average Bonchev–Trinajstić information content (AvgIpc) is 2.68. The molecule has 2 aliphatic rings. The van der Waals surface area contributed by atoms with E-state index in [-0.39, 0.29) is 12.1 Å². The molecule has 2 N–H and O–H groups in total. The van der Waals surface area contributed by atoms with Crippen LogP contribution >= 0.6 is 0 Å². The fourth-order valence-electron chi connectivity index (χ4n) is 4.40. The molecule has 2 heterocycles. The lowest BCUT2D eigenvalue weighted by Gasteiger charge is -2.36. The molecule has 1 aromatic carbocycles. The van der Waals surface area contributed by atoms with Crippen LogP contribution in [-0.4, -0.2) is 56.8 Å². The monoisotopic (exact) mass is 436 g/mol. The summed E-state index contributed by atoms with van der Waals surface area (Å²) < 4.78 is 26.8. The molecule has 0 aromatic heterocycles. The van der Waals surface area contributed by atoms with E-state index in [4.69, 9.17) is 0 Å². The van der Waals surface area contributed by atoms with E-state index in [1.807, 2.05) is 12.1 Å². The zero-order valence-electron chi connectivity index (χ0n) is 18.6. The summed E-state index contributed by atoms with van der Waals surface area (Å²) in [5.41, 5.74) is 1.98. The highest BCUT2D eigenvalue weighted by atomic mass is 32.2. The molecular weight excluding hydrogens is 400 g/mol. The standard InChI is InChI=1S/C22H36N4O3S/c1-16(2)30(28,29)24-20-9-11-25(12-10-20)22(27)23-19-5-7-21(8-6-19)26-14-17(3)13-18(4)15-26/h5-8,16-18,20,24H,9-15H2,1-4H3,(H,23,27)/t17-,18?/m1/s1. The van der Waals surface area contributed by atoms with Gasteiger partial charge in [0.05, 0.1) is 5.25 Å². The lowest BCUT2D eigenvalue weighted by molar-refractivity contribution is 0.193. The summed E-state index contributed by atoms with van der Waals surface area (Å²) in [5, 5.41) is 2.52. The molecule has 0 saturated carbocycles. The predicted octanol–water partition coefficient (Wildman–Crippen LogP) is 3.49. The lowest BCUT2D eigenvalue weighted by Crippen LogP contribution is -2.48. The number of likely N-dealkylation sites (tertiary alicyclic amines) is 1. The van der Waals surface area contributed by atoms with E-state index < -0.39 is 15.3 Å². The van der Waals surface area contributed by atoms with E-state index in [1.54, 1.807) is 18.7 Å². The van der Waals surface area contributed by atoms with E-state index in [0.29, 0.717) is 37.8 Å². The highest BCUT2D eigenvalue weighted by Gasteiger charge is 2.27. The van der Waals surface area contributed by atoms with Crippen molar-refractivity contribution < 1.29 is 13.2 Å². The van der Waals surface area contributed by atoms with Crippen molar-refractivity contribution in [2.24, 2.45) is 11.8 Å². The Morgan fingerprint density at radius 3 is 2.13 bits per heavy atom. The van der Waals surface area contributed by atoms with Crippen LogP contribution in [0.3, 0.4) is 0 Å². The first-order valence-corrected chi connectivity index (χ1v) is 12.6. The van der Waals surface area contributed by atoms with Crippen molar-refractivity contribution in [2.45, 2.75) is 58.2 Å². The zero-order chi connectivity index (χ0) is 21.9. The number of piperidine rings is 2. The molecule has 0 spiro atoms. The molecule has 0 bridgehead atoms. The third-order valence-corrected chi connectivity index (χ3v) is 7.99. The molecule has 30 heavy (non-hydrogen) atoms. The van der Waals surface area contributed by atoms with Gasteiger partial charge in [-0.2, -0.15) is 0 Å². The van der Waals surface area contributed by atoms with Crippen molar-refractivity contribution in [1.29, 1.82) is 0 Å². The van der Waals surface area contributed by atoms with Gasteiger partial charge in [0.25, 0.3) is 0 Å². The number of carbonyl (C=O) groups is 1. The van der Waals surface area contributed by atoms with Crippen molar-refractivity contribution in [2.75, 3.05) is 36.4 Å². The van der Waals surface area contributed by atoms with E-state index >= 15 is 0 Å². The van der Waals surface area contributed by atoms with Crippen molar-refractivity contribution in [3.8, 4) is 0 Å². The number of nitrogens with one attached hydrogen (secondary N) is 2. The fourth-order valence-corrected chi connectivity index (χ4v) is 5.37. The number of amides is 2. The second kappa shape index (κ2) is 9.56. The van der Waals surface area contributed by atoms with Gasteiger partial charge in [0.2, 0.25) is 10.0 Å². The molecule has 2 atom stereocenters. The summed E-state index contributed by atoms with van der Waals surface area (Å²) >= 11 is 0. The number of anilines is 2. The first kappa shape index (κ1) is 22.9. The smallest absolute Gasteiger partial charge is 0.321 e. The van der Waals surface area contributed by atoms with Gasteiger partial charge in [-0.1, -0.05) is 13.8 Å². The summed E-state index contributed by atoms with van der Waals surface area (Å²) in [4.78, 5) is 16.8. The predicted molar refractivity (Wildman–Crippen MR) is 122 cm³/mol. The van der Waals surface area contributed by atoms with Gasteiger partial charge in [0.15, 0.2) is 0 Å². The molecule has 2 aliphatic heterocycles. The van der Waals surface area contributed by atoms with Crippen molar-refractivity contribution in [3.63, 3.8) is 0 Å². The van der Waals surface area contributed by atoms with Gasteiger partial charge in [-0.25, -0.2) is 17.9 Å². The fraction of sp³-hybridized carbons (Fsp3) is 0.682. The first-order valence-electron chi connectivity index (χ1n) is 11.1. The van der Waals surface area contributed by atoms with Gasteiger partial charge >= 0.3 is 6.03 Å². The van der Waals surface area contributed by atoms with Gasteiger partial charge in [-0.05, 0) is 69.2 Å². The van der Waals surface area contributed by atoms with Gasteiger partial charge in [0, 0.05) is 43.6 Å². The van der Waals surface area contributed by atoms with Gasteiger partial charge in [-0.3, -0.25) is 0 Å². The summed E-state index contributed by atoms with van der Waals surface area (Å²) in [7, 11) is -3.28. The second-order valence-electron chi connectivity index (χ2n) is 9.30. The minimum atomic E-state index is -3.28. The van der Waals surface area contributed by atoms with E-state index in [1.165, 1.54) is 12.1 Å². The second-order valence-corrected chi connectivity index (χ2v) is 11.6. The number of hydrogen-bond acceptors (Lipinski definition) is 4. The normalized spacial score (nSPS) is 23.6. The van der Waals surface area contributed by atoms with Gasteiger partial charge in [0.1, 0.15) is 0 Å². The van der Waals surface area contributed by atoms with Crippen LogP contribution in [0.1, 0.15) is 47.0 Å². The SMILES string of the molecule is CC1C[C@@H](C)CN(c2ccc(NC(=O)N3CCC(NS(=O)(=O)C(C)C)CC3)cc2)C1. The minimum absolute atomic E-state index is 0.102. The Kier molecular flexibility index (Phi) is 7.29. The van der Waals surface area contributed by atoms with Crippen LogP contribution < -0.4 is 14.9 Å².